The number of imidazole rings is 1. The fourth-order valence-electron chi connectivity index (χ4n) is 3.05. The maximum absolute atomic E-state index is 12.3. The van der Waals surface area contributed by atoms with E-state index in [2.05, 4.69) is 44.5 Å². The molecule has 25 heavy (non-hydrogen) atoms. The van der Waals surface area contributed by atoms with Crippen LogP contribution < -0.4 is 5.32 Å². The zero-order valence-electron chi connectivity index (χ0n) is 14.9. The van der Waals surface area contributed by atoms with E-state index in [1.807, 2.05) is 19.9 Å². The number of hydrogen-bond donors (Lipinski definition) is 2. The summed E-state index contributed by atoms with van der Waals surface area (Å²) in [5, 5.41) is 3.03. The van der Waals surface area contributed by atoms with Crippen LogP contribution in [0.25, 0.3) is 0 Å². The van der Waals surface area contributed by atoms with E-state index < -0.39 is 0 Å². The molecule has 1 aromatic heterocycles. The Balaban J connectivity index is 1.54. The van der Waals surface area contributed by atoms with E-state index in [1.54, 1.807) is 6.20 Å². The number of aromatic nitrogens is 2. The number of aromatic amines is 1. The number of H-pyrrole nitrogens is 1. The van der Waals surface area contributed by atoms with Gasteiger partial charge >= 0.3 is 0 Å². The maximum atomic E-state index is 12.3. The summed E-state index contributed by atoms with van der Waals surface area (Å²) in [7, 11) is 0. The van der Waals surface area contributed by atoms with Crippen LogP contribution in [0.3, 0.4) is 0 Å². The average molecular weight is 342 g/mol. The molecule has 2 N–H and O–H groups in total. The van der Waals surface area contributed by atoms with Crippen LogP contribution in [0.1, 0.15) is 35.7 Å². The molecular formula is C19H26N4O2. The van der Waals surface area contributed by atoms with Crippen molar-refractivity contribution in [3.05, 3.63) is 53.6 Å². The molecule has 134 valence electrons. The number of nitrogens with zero attached hydrogens (tertiary/aromatic N) is 2. The summed E-state index contributed by atoms with van der Waals surface area (Å²) < 4.78 is 5.89. The molecule has 2 aromatic rings. The van der Waals surface area contributed by atoms with Crippen molar-refractivity contribution in [3.8, 4) is 0 Å². The van der Waals surface area contributed by atoms with E-state index in [4.69, 9.17) is 4.74 Å². The number of benzene rings is 1. The normalized spacial score (nSPS) is 19.5. The van der Waals surface area contributed by atoms with Crippen molar-refractivity contribution in [1.82, 2.24) is 20.2 Å². The van der Waals surface area contributed by atoms with E-state index in [0.29, 0.717) is 12.3 Å². The van der Waals surface area contributed by atoms with Gasteiger partial charge < -0.3 is 15.0 Å². The second-order valence-electron chi connectivity index (χ2n) is 6.49. The third kappa shape index (κ3) is 4.67. The van der Waals surface area contributed by atoms with Gasteiger partial charge in [-0.05, 0) is 12.5 Å². The fraction of sp³-hybridized carbons (Fsp3) is 0.474. The van der Waals surface area contributed by atoms with Gasteiger partial charge in [0.15, 0.2) is 0 Å². The molecule has 0 unspecified atom stereocenters. The van der Waals surface area contributed by atoms with Gasteiger partial charge in [0.1, 0.15) is 11.5 Å². The van der Waals surface area contributed by atoms with Crippen LogP contribution in [0, 0.1) is 0 Å². The first-order valence-corrected chi connectivity index (χ1v) is 8.88. The minimum absolute atomic E-state index is 0.0185. The Kier molecular flexibility index (Phi) is 5.83. The summed E-state index contributed by atoms with van der Waals surface area (Å²) in [5.41, 5.74) is 1.80. The first-order valence-electron chi connectivity index (χ1n) is 8.88. The summed E-state index contributed by atoms with van der Waals surface area (Å²) in [4.78, 5) is 21.9. The summed E-state index contributed by atoms with van der Waals surface area (Å²) in [5.74, 6) is 0.684. The van der Waals surface area contributed by atoms with Gasteiger partial charge in [0.2, 0.25) is 0 Å². The smallest absolute Gasteiger partial charge is 0.269 e. The van der Waals surface area contributed by atoms with Crippen LogP contribution in [0.15, 0.2) is 36.5 Å². The van der Waals surface area contributed by atoms with Crippen molar-refractivity contribution in [2.45, 2.75) is 39.0 Å². The Morgan fingerprint density at radius 2 is 2.24 bits per heavy atom. The number of ether oxygens (including phenoxy) is 1. The highest BCUT2D eigenvalue weighted by molar-refractivity contribution is 5.92. The summed E-state index contributed by atoms with van der Waals surface area (Å²) in [6.45, 7) is 7.29. The predicted octanol–water partition coefficient (Wildman–Crippen LogP) is 1.99. The number of carbonyl (C=O) groups excluding carboxylic acids is 1. The molecule has 0 aliphatic carbocycles. The van der Waals surface area contributed by atoms with Gasteiger partial charge in [0, 0.05) is 26.1 Å². The monoisotopic (exact) mass is 342 g/mol. The molecular weight excluding hydrogens is 316 g/mol. The van der Waals surface area contributed by atoms with Crippen LogP contribution >= 0.6 is 0 Å². The van der Waals surface area contributed by atoms with Gasteiger partial charge in [0.25, 0.3) is 5.91 Å². The molecule has 6 heteroatoms. The van der Waals surface area contributed by atoms with E-state index in [0.717, 1.165) is 31.9 Å². The van der Waals surface area contributed by atoms with Crippen molar-refractivity contribution in [2.24, 2.45) is 0 Å². The molecule has 1 aromatic carbocycles. The van der Waals surface area contributed by atoms with Crippen LogP contribution in [-0.4, -0.2) is 52.6 Å². The third-order valence-electron chi connectivity index (χ3n) is 4.55. The van der Waals surface area contributed by atoms with Gasteiger partial charge in [-0.1, -0.05) is 37.3 Å². The summed E-state index contributed by atoms with van der Waals surface area (Å²) in [6.07, 6.45) is 2.35. The number of hydrogen-bond acceptors (Lipinski definition) is 4. The van der Waals surface area contributed by atoms with Crippen LogP contribution in [-0.2, 0) is 17.7 Å². The van der Waals surface area contributed by atoms with Crippen molar-refractivity contribution in [3.63, 3.8) is 0 Å². The first-order chi connectivity index (χ1) is 12.2. The number of rotatable bonds is 6. The van der Waals surface area contributed by atoms with Crippen molar-refractivity contribution >= 4 is 5.91 Å². The molecule has 1 fully saturated rings. The highest BCUT2D eigenvalue weighted by Gasteiger charge is 2.27. The Morgan fingerprint density at radius 3 is 2.96 bits per heavy atom. The summed E-state index contributed by atoms with van der Waals surface area (Å²) in [6, 6.07) is 10.4. The lowest BCUT2D eigenvalue weighted by Gasteiger charge is -2.36. The van der Waals surface area contributed by atoms with E-state index in [1.165, 1.54) is 5.56 Å². The Bertz CT molecular complexity index is 686. The minimum atomic E-state index is -0.136. The molecule has 1 aliphatic rings. The molecule has 1 amide bonds. The van der Waals surface area contributed by atoms with Crippen LogP contribution in [0.5, 0.6) is 0 Å². The van der Waals surface area contributed by atoms with Crippen molar-refractivity contribution < 1.29 is 9.53 Å². The molecule has 0 saturated carbocycles. The molecule has 1 saturated heterocycles. The topological polar surface area (TPSA) is 70.2 Å². The predicted molar refractivity (Wildman–Crippen MR) is 96.4 cm³/mol. The van der Waals surface area contributed by atoms with Crippen LogP contribution in [0.4, 0.5) is 0 Å². The molecule has 3 rings (SSSR count). The largest absolute Gasteiger partial charge is 0.373 e. The first kappa shape index (κ1) is 17.6. The van der Waals surface area contributed by atoms with E-state index in [-0.39, 0.29) is 18.1 Å². The van der Waals surface area contributed by atoms with Crippen LogP contribution in [0.2, 0.25) is 0 Å². The highest BCUT2D eigenvalue weighted by atomic mass is 16.5. The Hall–Kier alpha value is -2.18. The van der Waals surface area contributed by atoms with E-state index >= 15 is 0 Å². The zero-order valence-corrected chi connectivity index (χ0v) is 14.9. The minimum Gasteiger partial charge on any atom is -0.373 e. The number of amides is 1. The number of carbonyl (C=O) groups is 1. The van der Waals surface area contributed by atoms with Gasteiger partial charge in [0.05, 0.1) is 24.9 Å². The highest BCUT2D eigenvalue weighted by Crippen LogP contribution is 2.13. The SMILES string of the molecule is CCc1ncc(C(=O)N[C@H](C)[C@@H]2CN(Cc3ccccc3)CCO2)[nH]1. The molecule has 0 bridgehead atoms. The Labute approximate surface area is 148 Å². The quantitative estimate of drug-likeness (QED) is 0.842. The fourth-order valence-corrected chi connectivity index (χ4v) is 3.05. The molecule has 6 nitrogen and oxygen atoms in total. The maximum Gasteiger partial charge on any atom is 0.269 e. The molecule has 0 radical (unpaired) electrons. The van der Waals surface area contributed by atoms with E-state index in [9.17, 15) is 4.79 Å². The molecule has 0 spiro atoms. The zero-order chi connectivity index (χ0) is 17.6. The standard InChI is InChI=1S/C19H26N4O2/c1-3-18-20-11-16(22-18)19(24)21-14(2)17-13-23(9-10-25-17)12-15-7-5-4-6-8-15/h4-8,11,14,17H,3,9-10,12-13H2,1-2H3,(H,20,22)(H,21,24)/t14-,17+/m1/s1. The molecule has 2 atom stereocenters. The van der Waals surface area contributed by atoms with Crippen molar-refractivity contribution in [2.75, 3.05) is 19.7 Å². The van der Waals surface area contributed by atoms with Gasteiger partial charge in [-0.2, -0.15) is 0 Å². The third-order valence-corrected chi connectivity index (χ3v) is 4.55. The number of aryl methyl sites for hydroxylation is 1. The summed E-state index contributed by atoms with van der Waals surface area (Å²) >= 11 is 0. The number of morpholine rings is 1. The number of nitrogens with one attached hydrogen (secondary N) is 2. The second-order valence-corrected chi connectivity index (χ2v) is 6.49. The van der Waals surface area contributed by atoms with Gasteiger partial charge in [-0.25, -0.2) is 4.98 Å². The lowest BCUT2D eigenvalue weighted by Crippen LogP contribution is -2.52. The van der Waals surface area contributed by atoms with Gasteiger partial charge in [-0.3, -0.25) is 9.69 Å². The van der Waals surface area contributed by atoms with Gasteiger partial charge in [-0.15, -0.1) is 0 Å². The Morgan fingerprint density at radius 1 is 1.44 bits per heavy atom. The average Bonchev–Trinajstić information content (AvgIpc) is 3.12. The lowest BCUT2D eigenvalue weighted by atomic mass is 10.1. The molecule has 1 aliphatic heterocycles. The second kappa shape index (κ2) is 8.27. The lowest BCUT2D eigenvalue weighted by molar-refractivity contribution is -0.0449. The molecule has 2 heterocycles. The van der Waals surface area contributed by atoms with Crippen molar-refractivity contribution in [1.29, 1.82) is 0 Å².